The molecule has 190 valence electrons. The van der Waals surface area contributed by atoms with Crippen molar-refractivity contribution < 1.29 is 32.6 Å². The fourth-order valence-corrected chi connectivity index (χ4v) is 4.35. The quantitative estimate of drug-likeness (QED) is 0.356. The van der Waals surface area contributed by atoms with E-state index in [1.54, 1.807) is 30.3 Å². The lowest BCUT2D eigenvalue weighted by Crippen LogP contribution is -2.36. The normalized spacial score (nSPS) is 14.3. The summed E-state index contributed by atoms with van der Waals surface area (Å²) in [5.74, 6) is -2.52. The summed E-state index contributed by atoms with van der Waals surface area (Å²) in [5.41, 5.74) is 1.06. The van der Waals surface area contributed by atoms with Gasteiger partial charge in [0.1, 0.15) is 24.8 Å². The maximum absolute atomic E-state index is 13.8. The number of rotatable bonds is 8. The molecule has 1 N–H and O–H groups in total. The fourth-order valence-electron chi connectivity index (χ4n) is 3.40. The van der Waals surface area contributed by atoms with Gasteiger partial charge in [0.2, 0.25) is 5.91 Å². The van der Waals surface area contributed by atoms with Crippen LogP contribution in [0.15, 0.2) is 65.6 Å². The molecule has 1 heterocycles. The number of halogens is 3. The first-order chi connectivity index (χ1) is 17.7. The van der Waals surface area contributed by atoms with Gasteiger partial charge in [-0.25, -0.2) is 8.78 Å². The zero-order valence-corrected chi connectivity index (χ0v) is 20.9. The Bertz CT molecular complexity index is 1400. The van der Waals surface area contributed by atoms with Gasteiger partial charge >= 0.3 is 0 Å². The van der Waals surface area contributed by atoms with E-state index in [4.69, 9.17) is 21.1 Å². The first-order valence-electron chi connectivity index (χ1n) is 10.8. The number of nitrogens with zero attached hydrogens (tertiary/aromatic N) is 1. The molecule has 3 amide bonds. The van der Waals surface area contributed by atoms with Crippen molar-refractivity contribution >= 4 is 52.2 Å². The summed E-state index contributed by atoms with van der Waals surface area (Å²) >= 11 is 6.58. The molecule has 0 aromatic heterocycles. The summed E-state index contributed by atoms with van der Waals surface area (Å²) < 4.78 is 38.3. The Morgan fingerprint density at radius 3 is 2.57 bits per heavy atom. The standard InChI is InChI=1S/C26H19ClF2N2O5S/c1-35-21-4-2-3-16(24(21)36-14-15-5-7-17(27)8-6-15)11-22-25(33)31(26(34)37-22)13-23(32)30-20-10-9-18(28)12-19(20)29/h2-12H,13-14H2,1H3,(H,30,32)/b22-11+. The molecule has 1 aliphatic heterocycles. The second-order valence-electron chi connectivity index (χ2n) is 7.73. The highest BCUT2D eigenvalue weighted by Crippen LogP contribution is 2.37. The maximum atomic E-state index is 13.8. The monoisotopic (exact) mass is 544 g/mol. The number of imide groups is 1. The van der Waals surface area contributed by atoms with Gasteiger partial charge in [0, 0.05) is 16.7 Å². The van der Waals surface area contributed by atoms with Crippen LogP contribution in [0, 0.1) is 11.6 Å². The predicted octanol–water partition coefficient (Wildman–Crippen LogP) is 5.88. The van der Waals surface area contributed by atoms with Crippen molar-refractivity contribution in [2.24, 2.45) is 0 Å². The van der Waals surface area contributed by atoms with Crippen LogP contribution in [-0.4, -0.2) is 35.6 Å². The molecule has 0 bridgehead atoms. The topological polar surface area (TPSA) is 84.9 Å². The van der Waals surface area contributed by atoms with Crippen LogP contribution in [0.4, 0.5) is 19.3 Å². The molecule has 0 atom stereocenters. The van der Waals surface area contributed by atoms with Crippen LogP contribution < -0.4 is 14.8 Å². The van der Waals surface area contributed by atoms with Crippen LogP contribution in [0.2, 0.25) is 5.02 Å². The van der Waals surface area contributed by atoms with Crippen LogP contribution in [0.25, 0.3) is 6.08 Å². The summed E-state index contributed by atoms with van der Waals surface area (Å²) in [5, 5.41) is 2.15. The van der Waals surface area contributed by atoms with Crippen LogP contribution in [0.1, 0.15) is 11.1 Å². The molecule has 1 aliphatic rings. The third-order valence-electron chi connectivity index (χ3n) is 5.19. The molecule has 4 rings (SSSR count). The SMILES string of the molecule is COc1cccc(/C=C2/SC(=O)N(CC(=O)Nc3ccc(F)cc3F)C2=O)c1OCc1ccc(Cl)cc1. The van der Waals surface area contributed by atoms with Gasteiger partial charge in [-0.1, -0.05) is 35.9 Å². The van der Waals surface area contributed by atoms with Gasteiger partial charge in [-0.2, -0.15) is 0 Å². The molecule has 0 saturated carbocycles. The minimum absolute atomic E-state index is 0.0651. The van der Waals surface area contributed by atoms with Crippen molar-refractivity contribution in [2.45, 2.75) is 6.61 Å². The van der Waals surface area contributed by atoms with Crippen molar-refractivity contribution in [2.75, 3.05) is 19.0 Å². The molecule has 37 heavy (non-hydrogen) atoms. The van der Waals surface area contributed by atoms with Gasteiger partial charge < -0.3 is 14.8 Å². The van der Waals surface area contributed by atoms with E-state index in [-0.39, 0.29) is 17.2 Å². The van der Waals surface area contributed by atoms with Crippen LogP contribution in [-0.2, 0) is 16.2 Å². The zero-order chi connectivity index (χ0) is 26.5. The number of anilines is 1. The Kier molecular flexibility index (Phi) is 8.10. The molecule has 0 radical (unpaired) electrons. The molecule has 3 aromatic carbocycles. The number of hydrogen-bond donors (Lipinski definition) is 1. The lowest BCUT2D eigenvalue weighted by atomic mass is 10.1. The van der Waals surface area contributed by atoms with E-state index in [1.807, 2.05) is 12.1 Å². The highest BCUT2D eigenvalue weighted by atomic mass is 35.5. The van der Waals surface area contributed by atoms with E-state index in [0.29, 0.717) is 39.9 Å². The number of benzene rings is 3. The Balaban J connectivity index is 1.51. The highest BCUT2D eigenvalue weighted by Gasteiger charge is 2.36. The highest BCUT2D eigenvalue weighted by molar-refractivity contribution is 8.18. The molecule has 3 aromatic rings. The zero-order valence-electron chi connectivity index (χ0n) is 19.3. The number of nitrogens with one attached hydrogen (secondary N) is 1. The molecular formula is C26H19ClF2N2O5S. The summed E-state index contributed by atoms with van der Waals surface area (Å²) in [7, 11) is 1.48. The number of amides is 3. The number of carbonyl (C=O) groups excluding carboxylic acids is 3. The molecule has 1 saturated heterocycles. The summed E-state index contributed by atoms with van der Waals surface area (Å²) in [6.45, 7) is -0.448. The number of methoxy groups -OCH3 is 1. The fraction of sp³-hybridized carbons (Fsp3) is 0.115. The van der Waals surface area contributed by atoms with Gasteiger partial charge in [-0.05, 0) is 53.7 Å². The minimum atomic E-state index is -0.980. The van der Waals surface area contributed by atoms with Crippen LogP contribution >= 0.6 is 23.4 Å². The van der Waals surface area contributed by atoms with Crippen molar-refractivity contribution in [3.8, 4) is 11.5 Å². The number of carbonyl (C=O) groups is 3. The number of hydrogen-bond acceptors (Lipinski definition) is 6. The Labute approximate surface area is 220 Å². The average Bonchev–Trinajstić information content (AvgIpc) is 3.13. The Hall–Kier alpha value is -3.89. The van der Waals surface area contributed by atoms with Crippen molar-refractivity contribution in [1.29, 1.82) is 0 Å². The van der Waals surface area contributed by atoms with Crippen LogP contribution in [0.5, 0.6) is 11.5 Å². The smallest absolute Gasteiger partial charge is 0.294 e. The van der Waals surface area contributed by atoms with Crippen molar-refractivity contribution in [3.63, 3.8) is 0 Å². The van der Waals surface area contributed by atoms with Gasteiger partial charge in [0.15, 0.2) is 11.5 Å². The van der Waals surface area contributed by atoms with Gasteiger partial charge in [-0.15, -0.1) is 0 Å². The maximum Gasteiger partial charge on any atom is 0.294 e. The molecule has 0 spiro atoms. The second kappa shape index (κ2) is 11.4. The van der Waals surface area contributed by atoms with E-state index in [9.17, 15) is 23.2 Å². The van der Waals surface area contributed by atoms with E-state index in [0.717, 1.165) is 22.6 Å². The van der Waals surface area contributed by atoms with E-state index in [1.165, 1.54) is 13.2 Å². The minimum Gasteiger partial charge on any atom is -0.493 e. The van der Waals surface area contributed by atoms with Gasteiger partial charge in [-0.3, -0.25) is 19.3 Å². The number of ether oxygens (including phenoxy) is 2. The lowest BCUT2D eigenvalue weighted by Gasteiger charge is -2.14. The van der Waals surface area contributed by atoms with E-state index in [2.05, 4.69) is 5.32 Å². The Morgan fingerprint density at radius 1 is 1.11 bits per heavy atom. The third kappa shape index (κ3) is 6.28. The molecule has 7 nitrogen and oxygen atoms in total. The average molecular weight is 545 g/mol. The lowest BCUT2D eigenvalue weighted by molar-refractivity contribution is -0.127. The largest absolute Gasteiger partial charge is 0.493 e. The van der Waals surface area contributed by atoms with Crippen molar-refractivity contribution in [1.82, 2.24) is 4.90 Å². The van der Waals surface area contributed by atoms with E-state index < -0.39 is 35.2 Å². The number of para-hydroxylation sites is 1. The molecule has 1 fully saturated rings. The second-order valence-corrected chi connectivity index (χ2v) is 9.16. The van der Waals surface area contributed by atoms with Crippen LogP contribution in [0.3, 0.4) is 0 Å². The Morgan fingerprint density at radius 2 is 1.86 bits per heavy atom. The predicted molar refractivity (Wildman–Crippen MR) is 136 cm³/mol. The summed E-state index contributed by atoms with van der Waals surface area (Å²) in [6.07, 6.45) is 1.47. The van der Waals surface area contributed by atoms with Gasteiger partial charge in [0.25, 0.3) is 11.1 Å². The molecule has 0 aliphatic carbocycles. The molecular weight excluding hydrogens is 526 g/mol. The summed E-state index contributed by atoms with van der Waals surface area (Å²) in [4.78, 5) is 38.6. The van der Waals surface area contributed by atoms with Gasteiger partial charge in [0.05, 0.1) is 17.7 Å². The first-order valence-corrected chi connectivity index (χ1v) is 12.0. The third-order valence-corrected chi connectivity index (χ3v) is 6.35. The summed E-state index contributed by atoms with van der Waals surface area (Å²) in [6, 6.07) is 14.8. The van der Waals surface area contributed by atoms with E-state index >= 15 is 0 Å². The van der Waals surface area contributed by atoms with Crippen molar-refractivity contribution in [3.05, 3.63) is 93.4 Å². The molecule has 0 unspecified atom stereocenters. The first kappa shape index (κ1) is 26.2. The number of thioether (sulfide) groups is 1. The molecule has 11 heteroatoms.